The van der Waals surface area contributed by atoms with E-state index in [-0.39, 0.29) is 54.3 Å². The van der Waals surface area contributed by atoms with Crippen molar-refractivity contribution in [2.24, 2.45) is 0 Å². The number of urea groups is 1. The molecular formula is C53H55F2N7O8. The van der Waals surface area contributed by atoms with Crippen molar-refractivity contribution in [3.63, 3.8) is 0 Å². The van der Waals surface area contributed by atoms with Gasteiger partial charge in [-0.05, 0) is 130 Å². The SMILES string of the molecule is COc1ccc(C(=O)N2CCC(OC3CCC(OCc4ccc(-c5cc6c(-c7cc(F)cc(NC(=O)c8ccc(C(C)(C)O)cc8F)c7C)ncnc6[nH]5)cc4)CC3)CC2)cc1N1CCC(=O)NC1=O. The van der Waals surface area contributed by atoms with Crippen molar-refractivity contribution in [1.82, 2.24) is 25.2 Å². The van der Waals surface area contributed by atoms with Crippen LogP contribution in [0.15, 0.2) is 85.2 Å². The highest BCUT2D eigenvalue weighted by atomic mass is 19.1. The van der Waals surface area contributed by atoms with Crippen LogP contribution in [0, 0.1) is 18.6 Å². The van der Waals surface area contributed by atoms with E-state index in [1.54, 1.807) is 25.1 Å². The number of ether oxygens (including phenoxy) is 3. The molecular weight excluding hydrogens is 901 g/mol. The van der Waals surface area contributed by atoms with E-state index >= 15 is 8.78 Å². The number of H-pyrrole nitrogens is 1. The molecule has 4 aromatic carbocycles. The molecule has 1 saturated carbocycles. The number of nitrogens with one attached hydrogen (secondary N) is 3. The van der Waals surface area contributed by atoms with E-state index in [9.17, 15) is 24.3 Å². The van der Waals surface area contributed by atoms with E-state index in [2.05, 4.69) is 25.6 Å². The standard InChI is InChI=1S/C53H55F2N7O8/c1-30-40(25-35(54)26-43(30)59-50(64)39-15-10-34(24-42(39)55)53(2,3)67)48-41-27-44(58-49(41)57-29-56-48)32-7-5-31(6-8-32)28-69-36-11-13-37(14-12-36)70-38-17-20-61(21-18-38)51(65)33-9-16-46(68-4)45(23-33)62-22-19-47(63)60-52(62)66/h5-10,15-16,23-27,29,36-38,67H,11-14,17-22,28H2,1-4H3,(H,59,64)(H,56,57,58)(H,60,63,66). The van der Waals surface area contributed by atoms with Crippen molar-refractivity contribution >= 4 is 46.2 Å². The Morgan fingerprint density at radius 2 is 1.60 bits per heavy atom. The third-order valence-corrected chi connectivity index (χ3v) is 13.5. The Morgan fingerprint density at radius 3 is 2.30 bits per heavy atom. The van der Waals surface area contributed by atoms with Crippen LogP contribution in [-0.4, -0.2) is 93.8 Å². The topological polar surface area (TPSA) is 188 Å². The minimum atomic E-state index is -1.30. The number of anilines is 2. The quantitative estimate of drug-likeness (QED) is 0.0870. The van der Waals surface area contributed by atoms with Gasteiger partial charge in [0.05, 0.1) is 54.6 Å². The van der Waals surface area contributed by atoms with Crippen molar-refractivity contribution in [3.8, 4) is 28.3 Å². The van der Waals surface area contributed by atoms with Crippen LogP contribution in [0.4, 0.5) is 25.0 Å². The molecule has 364 valence electrons. The third-order valence-electron chi connectivity index (χ3n) is 13.5. The summed E-state index contributed by atoms with van der Waals surface area (Å²) in [5.74, 6) is -2.21. The first-order valence-electron chi connectivity index (χ1n) is 23.5. The van der Waals surface area contributed by atoms with Gasteiger partial charge in [0.1, 0.15) is 29.4 Å². The fourth-order valence-electron chi connectivity index (χ4n) is 9.44. The number of carbonyl (C=O) groups is 4. The highest BCUT2D eigenvalue weighted by molar-refractivity contribution is 6.07. The van der Waals surface area contributed by atoms with E-state index in [0.717, 1.165) is 61.4 Å². The maximum absolute atomic E-state index is 15.2. The number of imide groups is 1. The molecule has 17 heteroatoms. The molecule has 2 saturated heterocycles. The molecule has 3 fully saturated rings. The summed E-state index contributed by atoms with van der Waals surface area (Å²) in [6.45, 7) is 6.54. The first-order valence-corrected chi connectivity index (χ1v) is 23.5. The fraction of sp³-hybridized carbons (Fsp3) is 0.358. The second-order valence-electron chi connectivity index (χ2n) is 18.7. The molecule has 70 heavy (non-hydrogen) atoms. The van der Waals surface area contributed by atoms with Crippen molar-refractivity contribution in [3.05, 3.63) is 125 Å². The average molecular weight is 956 g/mol. The number of fused-ring (bicyclic) bond motifs is 1. The number of halogens is 2. The molecule has 3 aliphatic rings. The largest absolute Gasteiger partial charge is 0.495 e. The summed E-state index contributed by atoms with van der Waals surface area (Å²) in [6.07, 6.45) is 6.87. The number of hydrogen-bond acceptors (Lipinski definition) is 10. The molecule has 1 aliphatic carbocycles. The molecule has 2 aliphatic heterocycles. The van der Waals surface area contributed by atoms with Gasteiger partial charge in [0.2, 0.25) is 5.91 Å². The molecule has 9 rings (SSSR count). The summed E-state index contributed by atoms with van der Waals surface area (Å²) in [5.41, 5.74) is 4.49. The van der Waals surface area contributed by atoms with Gasteiger partial charge in [0.25, 0.3) is 11.8 Å². The predicted molar refractivity (Wildman–Crippen MR) is 258 cm³/mol. The van der Waals surface area contributed by atoms with E-state index in [4.69, 9.17) is 14.2 Å². The molecule has 5 amide bonds. The Hall–Kier alpha value is -7.08. The number of piperidine rings is 1. The molecule has 2 aromatic heterocycles. The molecule has 4 heterocycles. The number of likely N-dealkylation sites (tertiary alicyclic amines) is 1. The number of aliphatic hydroxyl groups is 1. The van der Waals surface area contributed by atoms with E-state index in [1.807, 2.05) is 35.2 Å². The van der Waals surface area contributed by atoms with Gasteiger partial charge in [0, 0.05) is 53.9 Å². The zero-order valence-electron chi connectivity index (χ0n) is 39.4. The maximum Gasteiger partial charge on any atom is 0.328 e. The lowest BCUT2D eigenvalue weighted by Gasteiger charge is -2.36. The Morgan fingerprint density at radius 1 is 0.871 bits per heavy atom. The summed E-state index contributed by atoms with van der Waals surface area (Å²) >= 11 is 0. The molecule has 0 unspecified atom stereocenters. The fourth-order valence-corrected chi connectivity index (χ4v) is 9.44. The Labute approximate surface area is 403 Å². The molecule has 15 nitrogen and oxygen atoms in total. The normalized spacial score (nSPS) is 18.0. The summed E-state index contributed by atoms with van der Waals surface area (Å²) < 4.78 is 48.6. The van der Waals surface area contributed by atoms with Gasteiger partial charge in [-0.25, -0.2) is 23.5 Å². The van der Waals surface area contributed by atoms with Crippen LogP contribution >= 0.6 is 0 Å². The summed E-state index contributed by atoms with van der Waals surface area (Å²) in [7, 11) is 1.50. The van der Waals surface area contributed by atoms with E-state index in [0.29, 0.717) is 70.1 Å². The van der Waals surface area contributed by atoms with Crippen LogP contribution in [0.1, 0.15) is 96.2 Å². The number of nitrogens with zero attached hydrogens (tertiary/aromatic N) is 4. The van der Waals surface area contributed by atoms with Gasteiger partial charge in [-0.15, -0.1) is 0 Å². The molecule has 6 aromatic rings. The van der Waals surface area contributed by atoms with E-state index in [1.165, 1.54) is 56.4 Å². The lowest BCUT2D eigenvalue weighted by Crippen LogP contribution is -2.49. The minimum Gasteiger partial charge on any atom is -0.495 e. The van der Waals surface area contributed by atoms with Crippen LogP contribution < -0.4 is 20.3 Å². The summed E-state index contributed by atoms with van der Waals surface area (Å²) in [6, 6.07) is 20.9. The number of benzene rings is 4. The summed E-state index contributed by atoms with van der Waals surface area (Å²) in [4.78, 5) is 66.6. The molecule has 0 bridgehead atoms. The number of amides is 5. The van der Waals surface area contributed by atoms with Crippen LogP contribution in [0.3, 0.4) is 0 Å². The third kappa shape index (κ3) is 10.4. The Balaban J connectivity index is 0.757. The van der Waals surface area contributed by atoms with Crippen molar-refractivity contribution < 1.29 is 47.3 Å². The first-order chi connectivity index (χ1) is 33.6. The van der Waals surface area contributed by atoms with Crippen LogP contribution in [0.2, 0.25) is 0 Å². The van der Waals surface area contributed by atoms with Crippen molar-refractivity contribution in [2.45, 2.75) is 96.2 Å². The zero-order valence-corrected chi connectivity index (χ0v) is 39.4. The van der Waals surface area contributed by atoms with Gasteiger partial charge in [-0.1, -0.05) is 30.3 Å². The average Bonchev–Trinajstić information content (AvgIpc) is 3.79. The van der Waals surface area contributed by atoms with E-state index < -0.39 is 29.2 Å². The highest BCUT2D eigenvalue weighted by Gasteiger charge is 2.31. The minimum absolute atomic E-state index is 0.0599. The number of methoxy groups -OCH3 is 1. The van der Waals surface area contributed by atoms with Crippen molar-refractivity contribution in [1.29, 1.82) is 0 Å². The van der Waals surface area contributed by atoms with Gasteiger partial charge in [-0.2, -0.15) is 0 Å². The smallest absolute Gasteiger partial charge is 0.328 e. The molecule has 0 radical (unpaired) electrons. The lowest BCUT2D eigenvalue weighted by molar-refractivity contribution is -0.120. The number of aromatic amines is 1. The second-order valence-corrected chi connectivity index (χ2v) is 18.7. The zero-order chi connectivity index (χ0) is 49.3. The molecule has 0 atom stereocenters. The van der Waals surface area contributed by atoms with Gasteiger partial charge >= 0.3 is 6.03 Å². The van der Waals surface area contributed by atoms with Crippen LogP contribution in [0.25, 0.3) is 33.5 Å². The Kier molecular flexibility index (Phi) is 13.8. The first kappa shape index (κ1) is 48.0. The van der Waals surface area contributed by atoms with Gasteiger partial charge in [0.15, 0.2) is 0 Å². The molecule has 0 spiro atoms. The van der Waals surface area contributed by atoms with Crippen LogP contribution in [0.5, 0.6) is 5.75 Å². The predicted octanol–water partition coefficient (Wildman–Crippen LogP) is 8.96. The number of rotatable bonds is 13. The maximum atomic E-state index is 15.2. The number of aromatic nitrogens is 3. The van der Waals surface area contributed by atoms with Gasteiger partial charge in [-0.3, -0.25) is 24.6 Å². The monoisotopic (exact) mass is 955 g/mol. The number of hydrogen-bond donors (Lipinski definition) is 4. The second kappa shape index (κ2) is 20.1. The lowest BCUT2D eigenvalue weighted by atomic mass is 9.94. The van der Waals surface area contributed by atoms with Gasteiger partial charge < -0.3 is 34.5 Å². The van der Waals surface area contributed by atoms with Crippen molar-refractivity contribution in [2.75, 3.05) is 37.0 Å². The number of carbonyl (C=O) groups excluding carboxylic acids is 4. The molecule has 4 N–H and O–H groups in total. The highest BCUT2D eigenvalue weighted by Crippen LogP contribution is 2.36. The summed E-state index contributed by atoms with van der Waals surface area (Å²) in [5, 5.41) is 15.9. The van der Waals surface area contributed by atoms with Crippen LogP contribution in [-0.2, 0) is 26.5 Å². The Bertz CT molecular complexity index is 2960.